The van der Waals surface area contributed by atoms with Crippen LogP contribution >= 0.6 is 12.4 Å². The molecule has 150 valence electrons. The number of carbonyl (C=O) groups excluding carboxylic acids is 1. The van der Waals surface area contributed by atoms with E-state index >= 15 is 0 Å². The lowest BCUT2D eigenvalue weighted by Crippen LogP contribution is -2.48. The van der Waals surface area contributed by atoms with Crippen molar-refractivity contribution < 1.29 is 4.79 Å². The van der Waals surface area contributed by atoms with Crippen molar-refractivity contribution in [3.63, 3.8) is 0 Å². The molecule has 0 spiro atoms. The number of hydrogen-bond donors (Lipinski definition) is 3. The highest BCUT2D eigenvalue weighted by molar-refractivity contribution is 5.85. The quantitative estimate of drug-likeness (QED) is 0.541. The zero-order chi connectivity index (χ0) is 18.2. The molecule has 3 atom stereocenters. The minimum atomic E-state index is -0.324. The molecule has 1 aromatic heterocycles. The molecule has 26 heavy (non-hydrogen) atoms. The second kappa shape index (κ2) is 11.5. The van der Waals surface area contributed by atoms with Crippen LogP contribution in [0.5, 0.6) is 0 Å². The zero-order valence-corrected chi connectivity index (χ0v) is 16.7. The summed E-state index contributed by atoms with van der Waals surface area (Å²) in [5.74, 6) is 0.441. The highest BCUT2D eigenvalue weighted by Gasteiger charge is 2.28. The molecular formula is C17H34ClN7O. The topological polar surface area (TPSA) is 115 Å². The molecule has 1 fully saturated rings. The maximum Gasteiger partial charge on any atom is 0.247 e. The molecular weight excluding hydrogens is 354 g/mol. The number of piperazine rings is 1. The van der Waals surface area contributed by atoms with E-state index in [4.69, 9.17) is 11.5 Å². The van der Waals surface area contributed by atoms with Gasteiger partial charge in [0.15, 0.2) is 0 Å². The highest BCUT2D eigenvalue weighted by atomic mass is 35.5. The number of amides is 1. The van der Waals surface area contributed by atoms with Crippen LogP contribution < -0.4 is 16.8 Å². The Kier molecular flexibility index (Phi) is 10.1. The van der Waals surface area contributed by atoms with Crippen molar-refractivity contribution in [1.29, 1.82) is 0 Å². The molecule has 0 bridgehead atoms. The first-order valence-electron chi connectivity index (χ1n) is 9.45. The zero-order valence-electron chi connectivity index (χ0n) is 15.9. The lowest BCUT2D eigenvalue weighted by Gasteiger charge is -2.30. The van der Waals surface area contributed by atoms with E-state index in [9.17, 15) is 4.79 Å². The number of hydrogen-bond acceptors (Lipinski definition) is 6. The molecule has 5 N–H and O–H groups in total. The van der Waals surface area contributed by atoms with Gasteiger partial charge in [-0.25, -0.2) is 4.68 Å². The molecule has 0 aliphatic carbocycles. The molecule has 2 rings (SSSR count). The molecule has 1 saturated heterocycles. The number of carbonyl (C=O) groups is 1. The second-order valence-corrected chi connectivity index (χ2v) is 6.91. The Balaban J connectivity index is 0.00000338. The molecule has 1 aromatic rings. The highest BCUT2D eigenvalue weighted by Crippen LogP contribution is 2.23. The summed E-state index contributed by atoms with van der Waals surface area (Å²) in [6.45, 7) is 7.99. The van der Waals surface area contributed by atoms with Gasteiger partial charge in [0.1, 0.15) is 6.04 Å². The number of nitrogens with one attached hydrogen (secondary N) is 1. The van der Waals surface area contributed by atoms with Crippen LogP contribution in [0.4, 0.5) is 0 Å². The third-order valence-corrected chi connectivity index (χ3v) is 5.09. The van der Waals surface area contributed by atoms with E-state index in [1.54, 1.807) is 4.68 Å². The fourth-order valence-electron chi connectivity index (χ4n) is 3.09. The van der Waals surface area contributed by atoms with Crippen LogP contribution in [0.25, 0.3) is 0 Å². The molecule has 1 aliphatic rings. The van der Waals surface area contributed by atoms with Crippen molar-refractivity contribution in [3.8, 4) is 0 Å². The lowest BCUT2D eigenvalue weighted by molar-refractivity contribution is -0.136. The third-order valence-electron chi connectivity index (χ3n) is 5.09. The molecule has 9 heteroatoms. The number of aromatic nitrogens is 3. The first kappa shape index (κ1) is 22.8. The minimum absolute atomic E-state index is 0. The number of unbranched alkanes of at least 4 members (excludes halogenated alkanes) is 1. The van der Waals surface area contributed by atoms with Crippen LogP contribution in [-0.4, -0.2) is 58.5 Å². The summed E-state index contributed by atoms with van der Waals surface area (Å²) < 4.78 is 1.71. The smallest absolute Gasteiger partial charge is 0.247 e. The fourth-order valence-corrected chi connectivity index (χ4v) is 3.09. The monoisotopic (exact) mass is 387 g/mol. The standard InChI is InChI=1S/C17H33N7O.ClH/c1-3-13(2)16(19)14-12-24(22-21-14)15(6-4-5-7-18)17(25)23-10-8-20-9-11-23;/h12-13,15-16,20H,3-11,18-19H2,1-2H3;1H/t13?,15-,16-;/m0./s1. The lowest BCUT2D eigenvalue weighted by atomic mass is 9.98. The maximum absolute atomic E-state index is 13.0. The average molecular weight is 388 g/mol. The maximum atomic E-state index is 13.0. The Morgan fingerprint density at radius 1 is 1.35 bits per heavy atom. The van der Waals surface area contributed by atoms with Gasteiger partial charge in [0.25, 0.3) is 0 Å². The van der Waals surface area contributed by atoms with Crippen LogP contribution in [0, 0.1) is 5.92 Å². The van der Waals surface area contributed by atoms with Gasteiger partial charge in [-0.15, -0.1) is 17.5 Å². The predicted molar refractivity (Wildman–Crippen MR) is 105 cm³/mol. The van der Waals surface area contributed by atoms with Gasteiger partial charge in [-0.2, -0.15) is 0 Å². The molecule has 2 heterocycles. The molecule has 1 unspecified atom stereocenters. The SMILES string of the molecule is CCC(C)[C@H](N)c1cn([C@@H](CCCCN)C(=O)N2CCNCC2)nn1.Cl. The van der Waals surface area contributed by atoms with E-state index < -0.39 is 0 Å². The van der Waals surface area contributed by atoms with Crippen LogP contribution in [-0.2, 0) is 4.79 Å². The first-order valence-corrected chi connectivity index (χ1v) is 9.45. The summed E-state index contributed by atoms with van der Waals surface area (Å²) in [5, 5.41) is 11.8. The van der Waals surface area contributed by atoms with Crippen molar-refractivity contribution in [2.45, 2.75) is 51.6 Å². The fraction of sp³-hybridized carbons (Fsp3) is 0.824. The van der Waals surface area contributed by atoms with Gasteiger partial charge in [-0.1, -0.05) is 25.5 Å². The van der Waals surface area contributed by atoms with Gasteiger partial charge in [-0.05, 0) is 31.7 Å². The normalized spacial score (nSPS) is 18.1. The Morgan fingerprint density at radius 2 is 2.04 bits per heavy atom. The molecule has 1 amide bonds. The van der Waals surface area contributed by atoms with E-state index in [1.165, 1.54) is 0 Å². The van der Waals surface area contributed by atoms with Crippen LogP contribution in [0.3, 0.4) is 0 Å². The van der Waals surface area contributed by atoms with E-state index in [0.29, 0.717) is 12.5 Å². The Labute approximate surface area is 162 Å². The number of rotatable bonds is 9. The summed E-state index contributed by atoms with van der Waals surface area (Å²) in [6.07, 6.45) is 5.35. The van der Waals surface area contributed by atoms with Gasteiger partial charge in [0, 0.05) is 26.2 Å². The van der Waals surface area contributed by atoms with Gasteiger partial charge >= 0.3 is 0 Å². The largest absolute Gasteiger partial charge is 0.338 e. The van der Waals surface area contributed by atoms with Gasteiger partial charge in [-0.3, -0.25) is 4.79 Å². The van der Waals surface area contributed by atoms with Gasteiger partial charge < -0.3 is 21.7 Å². The third kappa shape index (κ3) is 5.90. The van der Waals surface area contributed by atoms with Crippen molar-refractivity contribution in [1.82, 2.24) is 25.2 Å². The minimum Gasteiger partial charge on any atom is -0.338 e. The van der Waals surface area contributed by atoms with E-state index in [2.05, 4.69) is 29.5 Å². The van der Waals surface area contributed by atoms with Crippen LogP contribution in [0.15, 0.2) is 6.20 Å². The number of halogens is 1. The molecule has 8 nitrogen and oxygen atoms in total. The average Bonchev–Trinajstić information content (AvgIpc) is 3.14. The summed E-state index contributed by atoms with van der Waals surface area (Å²) in [5.41, 5.74) is 12.6. The summed E-state index contributed by atoms with van der Waals surface area (Å²) >= 11 is 0. The number of nitrogens with two attached hydrogens (primary N) is 2. The summed E-state index contributed by atoms with van der Waals surface area (Å²) in [4.78, 5) is 14.9. The predicted octanol–water partition coefficient (Wildman–Crippen LogP) is 0.848. The van der Waals surface area contributed by atoms with Gasteiger partial charge in [0.2, 0.25) is 5.91 Å². The van der Waals surface area contributed by atoms with E-state index in [1.807, 2.05) is 11.1 Å². The Bertz CT molecular complexity index is 533. The molecule has 0 aromatic carbocycles. The van der Waals surface area contributed by atoms with Crippen LogP contribution in [0.1, 0.15) is 57.3 Å². The molecule has 1 aliphatic heterocycles. The molecule has 0 saturated carbocycles. The summed E-state index contributed by atoms with van der Waals surface area (Å²) in [6, 6.07) is -0.479. The van der Waals surface area contributed by atoms with Crippen LogP contribution in [0.2, 0.25) is 0 Å². The van der Waals surface area contributed by atoms with Crippen molar-refractivity contribution >= 4 is 18.3 Å². The van der Waals surface area contributed by atoms with E-state index in [-0.39, 0.29) is 30.4 Å². The number of nitrogens with zero attached hydrogens (tertiary/aromatic N) is 4. The second-order valence-electron chi connectivity index (χ2n) is 6.91. The first-order chi connectivity index (χ1) is 12.1. The van der Waals surface area contributed by atoms with E-state index in [0.717, 1.165) is 57.6 Å². The van der Waals surface area contributed by atoms with Crippen molar-refractivity contribution in [3.05, 3.63) is 11.9 Å². The Hall–Kier alpha value is -1.22. The van der Waals surface area contributed by atoms with Gasteiger partial charge in [0.05, 0.1) is 17.9 Å². The Morgan fingerprint density at radius 3 is 2.65 bits per heavy atom. The van der Waals surface area contributed by atoms with Crippen molar-refractivity contribution in [2.24, 2.45) is 17.4 Å². The summed E-state index contributed by atoms with van der Waals surface area (Å²) in [7, 11) is 0. The van der Waals surface area contributed by atoms with Crippen molar-refractivity contribution in [2.75, 3.05) is 32.7 Å². The molecule has 0 radical (unpaired) electrons.